The molecule has 2 aromatic carbocycles. The first-order chi connectivity index (χ1) is 12.1. The van der Waals surface area contributed by atoms with Gasteiger partial charge in [-0.25, -0.2) is 0 Å². The Morgan fingerprint density at radius 1 is 0.960 bits per heavy atom. The highest BCUT2D eigenvalue weighted by atomic mass is 16.1. The van der Waals surface area contributed by atoms with Crippen molar-refractivity contribution in [3.8, 4) is 0 Å². The molecular formula is C23H29NO. The molecule has 2 aromatic rings. The van der Waals surface area contributed by atoms with Crippen molar-refractivity contribution in [3.63, 3.8) is 0 Å². The second kappa shape index (κ2) is 8.44. The van der Waals surface area contributed by atoms with Crippen LogP contribution >= 0.6 is 0 Å². The summed E-state index contributed by atoms with van der Waals surface area (Å²) in [7, 11) is 0. The fraction of sp³-hybridized carbons (Fsp3) is 0.435. The summed E-state index contributed by atoms with van der Waals surface area (Å²) < 4.78 is 0. The number of hydrogen-bond acceptors (Lipinski definition) is 2. The van der Waals surface area contributed by atoms with Crippen molar-refractivity contribution < 1.29 is 4.79 Å². The number of rotatable bonds is 6. The Kier molecular flexibility index (Phi) is 6.04. The molecule has 3 rings (SSSR count). The van der Waals surface area contributed by atoms with Gasteiger partial charge in [0.15, 0.2) is 0 Å². The third kappa shape index (κ3) is 4.58. The molecule has 2 nitrogen and oxygen atoms in total. The zero-order valence-electron chi connectivity index (χ0n) is 15.4. The van der Waals surface area contributed by atoms with E-state index >= 15 is 0 Å². The van der Waals surface area contributed by atoms with E-state index in [0.717, 1.165) is 25.9 Å². The van der Waals surface area contributed by atoms with Gasteiger partial charge in [-0.3, -0.25) is 9.69 Å². The molecule has 2 heteroatoms. The Hall–Kier alpha value is -1.93. The molecule has 2 unspecified atom stereocenters. The van der Waals surface area contributed by atoms with Gasteiger partial charge in [0.05, 0.1) is 0 Å². The van der Waals surface area contributed by atoms with Crippen LogP contribution in [0.3, 0.4) is 0 Å². The van der Waals surface area contributed by atoms with Crippen LogP contribution in [-0.4, -0.2) is 29.8 Å². The number of nitrogens with zero attached hydrogens (tertiary/aromatic N) is 1. The molecule has 2 atom stereocenters. The predicted molar refractivity (Wildman–Crippen MR) is 104 cm³/mol. The molecule has 0 bridgehead atoms. The fourth-order valence-electron chi connectivity index (χ4n) is 4.20. The van der Waals surface area contributed by atoms with Crippen LogP contribution in [0, 0.1) is 11.8 Å². The zero-order chi connectivity index (χ0) is 17.6. The summed E-state index contributed by atoms with van der Waals surface area (Å²) >= 11 is 0. The number of benzene rings is 2. The maximum Gasteiger partial charge on any atom is 0.139 e. The topological polar surface area (TPSA) is 20.3 Å². The van der Waals surface area contributed by atoms with Crippen molar-refractivity contribution in [2.45, 2.75) is 39.2 Å². The van der Waals surface area contributed by atoms with Gasteiger partial charge in [-0.2, -0.15) is 0 Å². The van der Waals surface area contributed by atoms with Gasteiger partial charge in [0, 0.05) is 31.5 Å². The Morgan fingerprint density at radius 3 is 2.16 bits per heavy atom. The third-order valence-corrected chi connectivity index (χ3v) is 5.40. The van der Waals surface area contributed by atoms with Gasteiger partial charge in [0.25, 0.3) is 0 Å². The highest BCUT2D eigenvalue weighted by Gasteiger charge is 2.38. The molecule has 0 amide bonds. The molecule has 0 saturated carbocycles. The lowest BCUT2D eigenvalue weighted by atomic mass is 9.78. The van der Waals surface area contributed by atoms with Gasteiger partial charge in [0.1, 0.15) is 5.78 Å². The quantitative estimate of drug-likeness (QED) is 0.780. The molecule has 132 valence electrons. The van der Waals surface area contributed by atoms with Crippen LogP contribution < -0.4 is 0 Å². The molecule has 0 aromatic heterocycles. The third-order valence-electron chi connectivity index (χ3n) is 5.40. The van der Waals surface area contributed by atoms with E-state index in [0.29, 0.717) is 24.2 Å². The minimum atomic E-state index is 0.118. The van der Waals surface area contributed by atoms with Crippen molar-refractivity contribution in [1.82, 2.24) is 4.90 Å². The van der Waals surface area contributed by atoms with Crippen LogP contribution in [0.5, 0.6) is 0 Å². The molecule has 25 heavy (non-hydrogen) atoms. The van der Waals surface area contributed by atoms with Crippen LogP contribution in [0.15, 0.2) is 60.7 Å². The lowest BCUT2D eigenvalue weighted by molar-refractivity contribution is -0.130. The number of Topliss-reactive ketones (excluding diaryl/α,β-unsaturated/α-hetero) is 1. The van der Waals surface area contributed by atoms with Crippen LogP contribution in [0.4, 0.5) is 0 Å². The van der Waals surface area contributed by atoms with E-state index in [9.17, 15) is 4.79 Å². The first-order valence-corrected chi connectivity index (χ1v) is 9.50. The number of likely N-dealkylation sites (tertiary alicyclic amines) is 1. The fourth-order valence-corrected chi connectivity index (χ4v) is 4.20. The van der Waals surface area contributed by atoms with Gasteiger partial charge in [0.2, 0.25) is 0 Å². The van der Waals surface area contributed by atoms with Crippen LogP contribution in [0.2, 0.25) is 0 Å². The summed E-state index contributed by atoms with van der Waals surface area (Å²) in [6.07, 6.45) is 2.61. The van der Waals surface area contributed by atoms with Crippen LogP contribution in [0.25, 0.3) is 0 Å². The molecule has 1 aliphatic rings. The first kappa shape index (κ1) is 17.9. The lowest BCUT2D eigenvalue weighted by Gasteiger charge is -2.43. The molecular weight excluding hydrogens is 306 g/mol. The number of hydrogen-bond donors (Lipinski definition) is 0. The second-order valence-electron chi connectivity index (χ2n) is 7.52. The summed E-state index contributed by atoms with van der Waals surface area (Å²) in [5.41, 5.74) is 2.65. The average Bonchev–Trinajstić information content (AvgIpc) is 2.63. The SMILES string of the molecule is CC(C)C1C(Cc2ccccc2)C(=O)CCN1CCc1ccccc1. The maximum absolute atomic E-state index is 12.7. The summed E-state index contributed by atoms with van der Waals surface area (Å²) in [5.74, 6) is 1.04. The van der Waals surface area contributed by atoms with E-state index in [1.165, 1.54) is 11.1 Å². The molecule has 0 aliphatic carbocycles. The average molecular weight is 335 g/mol. The Morgan fingerprint density at radius 2 is 1.56 bits per heavy atom. The second-order valence-corrected chi connectivity index (χ2v) is 7.52. The standard InChI is InChI=1S/C23H29NO/c1-18(2)23-21(17-20-11-7-4-8-12-20)22(25)14-16-24(23)15-13-19-9-5-3-6-10-19/h3-12,18,21,23H,13-17H2,1-2H3. The summed E-state index contributed by atoms with van der Waals surface area (Å²) in [6.45, 7) is 6.46. The van der Waals surface area contributed by atoms with E-state index < -0.39 is 0 Å². The van der Waals surface area contributed by atoms with Crippen molar-refractivity contribution in [1.29, 1.82) is 0 Å². The molecule has 1 fully saturated rings. The van der Waals surface area contributed by atoms with Crippen molar-refractivity contribution >= 4 is 5.78 Å². The molecule has 1 aliphatic heterocycles. The number of carbonyl (C=O) groups excluding carboxylic acids is 1. The monoisotopic (exact) mass is 335 g/mol. The van der Waals surface area contributed by atoms with E-state index in [1.54, 1.807) is 0 Å². The summed E-state index contributed by atoms with van der Waals surface area (Å²) in [5, 5.41) is 0. The van der Waals surface area contributed by atoms with Crippen LogP contribution in [0.1, 0.15) is 31.4 Å². The number of piperidine rings is 1. The van der Waals surface area contributed by atoms with E-state index in [1.807, 2.05) is 6.07 Å². The Labute approximate surface area is 151 Å². The molecule has 0 spiro atoms. The van der Waals surface area contributed by atoms with Gasteiger partial charge >= 0.3 is 0 Å². The minimum absolute atomic E-state index is 0.118. The lowest BCUT2D eigenvalue weighted by Crippen LogP contribution is -2.53. The number of ketones is 1. The zero-order valence-corrected chi connectivity index (χ0v) is 15.4. The molecule has 1 heterocycles. The van der Waals surface area contributed by atoms with Crippen molar-refractivity contribution in [3.05, 3.63) is 71.8 Å². The Bertz CT molecular complexity index is 665. The van der Waals surface area contributed by atoms with Gasteiger partial charge in [-0.05, 0) is 29.9 Å². The molecule has 1 saturated heterocycles. The van der Waals surface area contributed by atoms with Crippen molar-refractivity contribution in [2.24, 2.45) is 11.8 Å². The Balaban J connectivity index is 1.73. The first-order valence-electron chi connectivity index (χ1n) is 9.50. The highest BCUT2D eigenvalue weighted by Crippen LogP contribution is 2.29. The van der Waals surface area contributed by atoms with Crippen molar-refractivity contribution in [2.75, 3.05) is 13.1 Å². The summed E-state index contributed by atoms with van der Waals surface area (Å²) in [4.78, 5) is 15.3. The van der Waals surface area contributed by atoms with Crippen LogP contribution in [-0.2, 0) is 17.6 Å². The molecule has 0 N–H and O–H groups in total. The smallest absolute Gasteiger partial charge is 0.139 e. The minimum Gasteiger partial charge on any atom is -0.299 e. The maximum atomic E-state index is 12.7. The number of carbonyl (C=O) groups is 1. The summed E-state index contributed by atoms with van der Waals surface area (Å²) in [6, 6.07) is 21.5. The van der Waals surface area contributed by atoms with E-state index in [4.69, 9.17) is 0 Å². The largest absolute Gasteiger partial charge is 0.299 e. The predicted octanol–water partition coefficient (Wildman–Crippen LogP) is 4.39. The normalized spacial score (nSPS) is 21.6. The molecule has 0 radical (unpaired) electrons. The highest BCUT2D eigenvalue weighted by molar-refractivity contribution is 5.83. The van der Waals surface area contributed by atoms with E-state index in [2.05, 4.69) is 73.3 Å². The van der Waals surface area contributed by atoms with E-state index in [-0.39, 0.29) is 5.92 Å². The van der Waals surface area contributed by atoms with Gasteiger partial charge < -0.3 is 0 Å². The van der Waals surface area contributed by atoms with Gasteiger partial charge in [-0.15, -0.1) is 0 Å². The van der Waals surface area contributed by atoms with Gasteiger partial charge in [-0.1, -0.05) is 74.5 Å².